The fourth-order valence-corrected chi connectivity index (χ4v) is 4.06. The summed E-state index contributed by atoms with van der Waals surface area (Å²) in [4.78, 5) is 2.18. The largest absolute Gasteiger partial charge is 0.436 e. The maximum absolute atomic E-state index is 14.4. The van der Waals surface area contributed by atoms with Gasteiger partial charge in [0.2, 0.25) is 5.88 Å². The van der Waals surface area contributed by atoms with Crippen LogP contribution in [0.1, 0.15) is 32.3 Å². The van der Waals surface area contributed by atoms with E-state index in [0.29, 0.717) is 24.9 Å². The molecule has 1 fully saturated rings. The van der Waals surface area contributed by atoms with E-state index in [2.05, 4.69) is 4.90 Å². The molecule has 6 nitrogen and oxygen atoms in total. The Morgan fingerprint density at radius 3 is 2.54 bits per heavy atom. The van der Waals surface area contributed by atoms with Gasteiger partial charge in [-0.25, -0.2) is 13.5 Å². The Morgan fingerprint density at radius 1 is 1.14 bits per heavy atom. The van der Waals surface area contributed by atoms with Gasteiger partial charge in [-0.2, -0.15) is 5.10 Å². The van der Waals surface area contributed by atoms with Crippen LogP contribution < -0.4 is 4.74 Å². The second kappa shape index (κ2) is 11.3. The Hall–Kier alpha value is -2.81. The van der Waals surface area contributed by atoms with E-state index in [9.17, 15) is 13.9 Å². The molecule has 1 atom stereocenters. The van der Waals surface area contributed by atoms with Crippen LogP contribution in [0.15, 0.2) is 48.5 Å². The quantitative estimate of drug-likeness (QED) is 0.384. The number of aromatic nitrogens is 2. The third-order valence-corrected chi connectivity index (χ3v) is 5.92. The van der Waals surface area contributed by atoms with Gasteiger partial charge in [0.1, 0.15) is 11.5 Å². The summed E-state index contributed by atoms with van der Waals surface area (Å²) < 4.78 is 41.1. The Kier molecular flexibility index (Phi) is 8.15. The van der Waals surface area contributed by atoms with Crippen molar-refractivity contribution in [2.75, 3.05) is 19.7 Å². The fourth-order valence-electron chi connectivity index (χ4n) is 4.06. The molecule has 0 unspecified atom stereocenters. The molecule has 0 saturated heterocycles. The van der Waals surface area contributed by atoms with E-state index in [4.69, 9.17) is 14.6 Å². The SMILES string of the molecule is CC(C)OC[C@@H](O)CN(Cc1c(-c2ccccc2)nn(C)c1Oc1ccc(F)cc1F)CC1CC1. The number of hydrogen-bond donors (Lipinski definition) is 1. The first-order chi connectivity index (χ1) is 16.8. The van der Waals surface area contributed by atoms with Crippen LogP contribution in [0.3, 0.4) is 0 Å². The van der Waals surface area contributed by atoms with Gasteiger partial charge >= 0.3 is 0 Å². The van der Waals surface area contributed by atoms with Crippen LogP contribution in [0.2, 0.25) is 0 Å². The molecule has 0 spiro atoms. The van der Waals surface area contributed by atoms with Gasteiger partial charge in [-0.3, -0.25) is 4.90 Å². The summed E-state index contributed by atoms with van der Waals surface area (Å²) in [5, 5.41) is 15.3. The topological polar surface area (TPSA) is 59.8 Å². The van der Waals surface area contributed by atoms with Gasteiger partial charge in [0.05, 0.1) is 24.4 Å². The highest BCUT2D eigenvalue weighted by atomic mass is 19.1. The molecule has 188 valence electrons. The maximum Gasteiger partial charge on any atom is 0.222 e. The lowest BCUT2D eigenvalue weighted by atomic mass is 10.1. The summed E-state index contributed by atoms with van der Waals surface area (Å²) in [6.45, 7) is 5.83. The lowest BCUT2D eigenvalue weighted by Gasteiger charge is -2.26. The van der Waals surface area contributed by atoms with Crippen molar-refractivity contribution in [1.82, 2.24) is 14.7 Å². The molecule has 0 radical (unpaired) electrons. The zero-order valence-electron chi connectivity index (χ0n) is 20.5. The number of ether oxygens (including phenoxy) is 2. The van der Waals surface area contributed by atoms with Crippen LogP contribution in [0.5, 0.6) is 11.6 Å². The molecular formula is C27H33F2N3O3. The summed E-state index contributed by atoms with van der Waals surface area (Å²) in [5.41, 5.74) is 2.40. The van der Waals surface area contributed by atoms with E-state index < -0.39 is 17.7 Å². The van der Waals surface area contributed by atoms with Gasteiger partial charge in [0.15, 0.2) is 11.6 Å². The number of nitrogens with zero attached hydrogens (tertiary/aromatic N) is 3. The van der Waals surface area contributed by atoms with Gasteiger partial charge in [0.25, 0.3) is 0 Å². The molecule has 1 aromatic heterocycles. The van der Waals surface area contributed by atoms with Crippen LogP contribution in [0.4, 0.5) is 8.78 Å². The molecule has 1 aliphatic carbocycles. The predicted octanol–water partition coefficient (Wildman–Crippen LogP) is 5.16. The molecule has 4 rings (SSSR count). The van der Waals surface area contributed by atoms with E-state index in [0.717, 1.165) is 48.3 Å². The average Bonchev–Trinajstić information content (AvgIpc) is 3.58. The second-order valence-corrected chi connectivity index (χ2v) is 9.47. The highest BCUT2D eigenvalue weighted by Gasteiger charge is 2.29. The standard InChI is InChI=1S/C27H33F2N3O3/c1-18(2)34-17-22(33)15-32(14-19-9-10-19)16-23-26(20-7-5-4-6-8-20)30-31(3)27(23)35-25-12-11-21(28)13-24(25)29/h4-8,11-13,18-19,22,33H,9-10,14-17H2,1-3H3/t22-/m0/s1. The van der Waals surface area contributed by atoms with Gasteiger partial charge in [0, 0.05) is 38.3 Å². The molecule has 2 aromatic carbocycles. The van der Waals surface area contributed by atoms with E-state index in [1.807, 2.05) is 44.2 Å². The third-order valence-electron chi connectivity index (χ3n) is 5.92. The molecule has 1 heterocycles. The molecule has 0 aliphatic heterocycles. The Morgan fingerprint density at radius 2 is 1.89 bits per heavy atom. The molecular weight excluding hydrogens is 452 g/mol. The van der Waals surface area contributed by atoms with Gasteiger partial charge < -0.3 is 14.6 Å². The molecule has 1 N–H and O–H groups in total. The van der Waals surface area contributed by atoms with Gasteiger partial charge in [-0.15, -0.1) is 0 Å². The first kappa shape index (κ1) is 25.3. The zero-order chi connectivity index (χ0) is 24.9. The first-order valence-corrected chi connectivity index (χ1v) is 12.1. The summed E-state index contributed by atoms with van der Waals surface area (Å²) in [6, 6.07) is 13.0. The smallest absolute Gasteiger partial charge is 0.222 e. The lowest BCUT2D eigenvalue weighted by Crippen LogP contribution is -2.36. The van der Waals surface area contributed by atoms with Crippen molar-refractivity contribution >= 4 is 0 Å². The Labute approximate surface area is 205 Å². The number of benzene rings is 2. The maximum atomic E-state index is 14.4. The van der Waals surface area contributed by atoms with Crippen molar-refractivity contribution in [2.45, 2.75) is 45.4 Å². The lowest BCUT2D eigenvalue weighted by molar-refractivity contribution is -0.0101. The third kappa shape index (κ3) is 6.87. The van der Waals surface area contributed by atoms with Crippen LogP contribution >= 0.6 is 0 Å². The highest BCUT2D eigenvalue weighted by molar-refractivity contribution is 5.65. The van der Waals surface area contributed by atoms with Crippen molar-refractivity contribution in [2.24, 2.45) is 13.0 Å². The van der Waals surface area contributed by atoms with Crippen LogP contribution in [0.25, 0.3) is 11.3 Å². The molecule has 0 bridgehead atoms. The Balaban J connectivity index is 1.66. The number of aliphatic hydroxyl groups excluding tert-OH is 1. The number of halogens is 2. The molecule has 0 amide bonds. The summed E-state index contributed by atoms with van der Waals surface area (Å²) in [5.74, 6) is -0.561. The average molecular weight is 486 g/mol. The normalized spacial score (nSPS) is 14.6. The molecule has 1 aliphatic rings. The van der Waals surface area contributed by atoms with E-state index >= 15 is 0 Å². The number of aryl methyl sites for hydroxylation is 1. The molecule has 1 saturated carbocycles. The van der Waals surface area contributed by atoms with Crippen LogP contribution in [-0.4, -0.2) is 51.7 Å². The van der Waals surface area contributed by atoms with Gasteiger partial charge in [-0.05, 0) is 44.7 Å². The monoisotopic (exact) mass is 485 g/mol. The second-order valence-electron chi connectivity index (χ2n) is 9.47. The van der Waals surface area contributed by atoms with Gasteiger partial charge in [-0.1, -0.05) is 30.3 Å². The molecule has 35 heavy (non-hydrogen) atoms. The summed E-state index contributed by atoms with van der Waals surface area (Å²) in [7, 11) is 1.74. The predicted molar refractivity (Wildman–Crippen MR) is 130 cm³/mol. The van der Waals surface area contributed by atoms with Crippen molar-refractivity contribution in [3.05, 3.63) is 65.7 Å². The highest BCUT2D eigenvalue weighted by Crippen LogP contribution is 2.36. The minimum atomic E-state index is -0.783. The summed E-state index contributed by atoms with van der Waals surface area (Å²) >= 11 is 0. The van der Waals surface area contributed by atoms with Crippen molar-refractivity contribution in [1.29, 1.82) is 0 Å². The van der Waals surface area contributed by atoms with E-state index in [1.54, 1.807) is 11.7 Å². The minimum Gasteiger partial charge on any atom is -0.436 e. The molecule has 8 heteroatoms. The zero-order valence-corrected chi connectivity index (χ0v) is 20.5. The Bertz CT molecular complexity index is 1120. The number of hydrogen-bond acceptors (Lipinski definition) is 5. The van der Waals surface area contributed by atoms with E-state index in [1.165, 1.54) is 6.07 Å². The summed E-state index contributed by atoms with van der Waals surface area (Å²) in [6.07, 6.45) is 1.72. The van der Waals surface area contributed by atoms with Crippen LogP contribution in [0, 0.1) is 17.6 Å². The first-order valence-electron chi connectivity index (χ1n) is 12.1. The van der Waals surface area contributed by atoms with E-state index in [-0.39, 0.29) is 18.5 Å². The van der Waals surface area contributed by atoms with Crippen LogP contribution in [-0.2, 0) is 18.3 Å². The number of rotatable bonds is 12. The van der Waals surface area contributed by atoms with Crippen molar-refractivity contribution < 1.29 is 23.4 Å². The fraction of sp³-hybridized carbons (Fsp3) is 0.444. The number of aliphatic hydroxyl groups is 1. The van der Waals surface area contributed by atoms with Crippen molar-refractivity contribution in [3.8, 4) is 22.9 Å². The van der Waals surface area contributed by atoms with Crippen molar-refractivity contribution in [3.63, 3.8) is 0 Å². The minimum absolute atomic E-state index is 0.0372. The molecule has 3 aromatic rings.